The van der Waals surface area contributed by atoms with Crippen molar-refractivity contribution in [3.05, 3.63) is 45.7 Å². The van der Waals surface area contributed by atoms with Crippen LogP contribution in [0.3, 0.4) is 0 Å². The number of hydrogen-bond acceptors (Lipinski definition) is 4. The lowest BCUT2D eigenvalue weighted by molar-refractivity contribution is 0.416. The van der Waals surface area contributed by atoms with E-state index in [0.717, 1.165) is 11.1 Å². The van der Waals surface area contributed by atoms with Crippen LogP contribution in [0.1, 0.15) is 11.1 Å². The van der Waals surface area contributed by atoms with E-state index in [2.05, 4.69) is 5.10 Å². The number of nitrogens with zero attached hydrogens (tertiary/aromatic N) is 2. The van der Waals surface area contributed by atoms with Gasteiger partial charge in [-0.15, -0.1) is 0 Å². The van der Waals surface area contributed by atoms with Crippen LogP contribution in [-0.4, -0.2) is 16.9 Å². The number of methoxy groups -OCH3 is 1. The van der Waals surface area contributed by atoms with Crippen LogP contribution in [0, 0.1) is 6.92 Å². The van der Waals surface area contributed by atoms with Gasteiger partial charge < -0.3 is 10.5 Å². The van der Waals surface area contributed by atoms with Crippen molar-refractivity contribution in [1.29, 1.82) is 0 Å². The number of benzene rings is 1. The first-order chi connectivity index (χ1) is 9.06. The number of ether oxygens (including phenoxy) is 1. The van der Waals surface area contributed by atoms with Gasteiger partial charge in [0.05, 0.1) is 12.8 Å². The van der Waals surface area contributed by atoms with Crippen LogP contribution in [0.25, 0.3) is 11.3 Å². The molecule has 0 unspecified atom stereocenters. The largest absolute Gasteiger partial charge is 0.496 e. The van der Waals surface area contributed by atoms with Crippen molar-refractivity contribution in [3.63, 3.8) is 0 Å². The van der Waals surface area contributed by atoms with Gasteiger partial charge in [-0.25, -0.2) is 4.68 Å². The number of hydrogen-bond donors (Lipinski definition) is 1. The Kier molecular flexibility index (Phi) is 3.66. The van der Waals surface area contributed by atoms with Crippen LogP contribution in [-0.2, 0) is 13.6 Å². The lowest BCUT2D eigenvalue weighted by Crippen LogP contribution is -2.21. The predicted octanol–water partition coefficient (Wildman–Crippen LogP) is 1.22. The SMILES string of the molecule is COc1ccc(C)cc1-c1nn(C)c(=O)cc1CN. The Balaban J connectivity index is 2.74. The van der Waals surface area contributed by atoms with Crippen LogP contribution in [0.4, 0.5) is 0 Å². The lowest BCUT2D eigenvalue weighted by atomic mass is 10.0. The van der Waals surface area contributed by atoms with Gasteiger partial charge >= 0.3 is 0 Å². The van der Waals surface area contributed by atoms with Crippen molar-refractivity contribution in [2.45, 2.75) is 13.5 Å². The third kappa shape index (κ3) is 2.51. The molecule has 5 nitrogen and oxygen atoms in total. The Morgan fingerprint density at radius 3 is 2.74 bits per heavy atom. The summed E-state index contributed by atoms with van der Waals surface area (Å²) in [5.41, 5.74) is 8.88. The Hall–Kier alpha value is -2.14. The molecule has 0 bridgehead atoms. The lowest BCUT2D eigenvalue weighted by Gasteiger charge is -2.12. The summed E-state index contributed by atoms with van der Waals surface area (Å²) in [5, 5.41) is 4.31. The molecule has 0 aliphatic carbocycles. The zero-order valence-corrected chi connectivity index (χ0v) is 11.3. The van der Waals surface area contributed by atoms with Crippen molar-refractivity contribution in [1.82, 2.24) is 9.78 Å². The molecule has 100 valence electrons. The molecule has 0 spiro atoms. The minimum atomic E-state index is -0.171. The fourth-order valence-corrected chi connectivity index (χ4v) is 1.96. The topological polar surface area (TPSA) is 70.1 Å². The van der Waals surface area contributed by atoms with Gasteiger partial charge in [0.1, 0.15) is 5.75 Å². The molecule has 2 aromatic rings. The number of aromatic nitrogens is 2. The summed E-state index contributed by atoms with van der Waals surface area (Å²) in [6.45, 7) is 2.25. The van der Waals surface area contributed by atoms with Crippen LogP contribution in [0.2, 0.25) is 0 Å². The molecule has 19 heavy (non-hydrogen) atoms. The quantitative estimate of drug-likeness (QED) is 0.899. The summed E-state index contributed by atoms with van der Waals surface area (Å²) in [6.07, 6.45) is 0. The molecule has 0 amide bonds. The van der Waals surface area contributed by atoms with E-state index in [4.69, 9.17) is 10.5 Å². The van der Waals surface area contributed by atoms with E-state index in [1.54, 1.807) is 14.2 Å². The van der Waals surface area contributed by atoms with E-state index in [1.807, 2.05) is 25.1 Å². The number of rotatable bonds is 3. The predicted molar refractivity (Wildman–Crippen MR) is 74.1 cm³/mol. The molecule has 5 heteroatoms. The highest BCUT2D eigenvalue weighted by atomic mass is 16.5. The zero-order valence-electron chi connectivity index (χ0n) is 11.3. The molecular weight excluding hydrogens is 242 g/mol. The Bertz CT molecular complexity index is 662. The van der Waals surface area contributed by atoms with Gasteiger partial charge in [0.15, 0.2) is 0 Å². The van der Waals surface area contributed by atoms with E-state index in [1.165, 1.54) is 10.7 Å². The molecule has 0 aliphatic heterocycles. The minimum Gasteiger partial charge on any atom is -0.496 e. The summed E-state index contributed by atoms with van der Waals surface area (Å²) in [6, 6.07) is 7.35. The smallest absolute Gasteiger partial charge is 0.266 e. The number of aryl methyl sites for hydroxylation is 2. The van der Waals surface area contributed by atoms with Crippen molar-refractivity contribution < 1.29 is 4.74 Å². The summed E-state index contributed by atoms with van der Waals surface area (Å²) in [4.78, 5) is 11.6. The maximum absolute atomic E-state index is 11.6. The Morgan fingerprint density at radius 2 is 2.11 bits per heavy atom. The zero-order chi connectivity index (χ0) is 14.0. The van der Waals surface area contributed by atoms with Crippen molar-refractivity contribution in [2.75, 3.05) is 7.11 Å². The fourth-order valence-electron chi connectivity index (χ4n) is 1.96. The summed E-state index contributed by atoms with van der Waals surface area (Å²) >= 11 is 0. The first kappa shape index (κ1) is 13.3. The van der Waals surface area contributed by atoms with Gasteiger partial charge in [0.25, 0.3) is 5.56 Å². The average molecular weight is 259 g/mol. The van der Waals surface area contributed by atoms with Gasteiger partial charge in [0.2, 0.25) is 0 Å². The molecular formula is C14H17N3O2. The van der Waals surface area contributed by atoms with Crippen molar-refractivity contribution >= 4 is 0 Å². The highest BCUT2D eigenvalue weighted by molar-refractivity contribution is 5.70. The standard InChI is InChI=1S/C14H17N3O2/c1-9-4-5-12(19-3)11(6-9)14-10(8-15)7-13(18)17(2)16-14/h4-7H,8,15H2,1-3H3. The Morgan fingerprint density at radius 1 is 1.37 bits per heavy atom. The number of nitrogens with two attached hydrogens (primary N) is 1. The summed E-state index contributed by atoms with van der Waals surface area (Å²) in [5.74, 6) is 0.714. The van der Waals surface area contributed by atoms with Gasteiger partial charge in [0, 0.05) is 25.2 Å². The molecule has 0 fully saturated rings. The monoisotopic (exact) mass is 259 g/mol. The first-order valence-corrected chi connectivity index (χ1v) is 5.99. The second-order valence-electron chi connectivity index (χ2n) is 4.39. The van der Waals surface area contributed by atoms with Crippen LogP contribution in [0.15, 0.2) is 29.1 Å². The van der Waals surface area contributed by atoms with Crippen LogP contribution in [0.5, 0.6) is 5.75 Å². The molecule has 2 N–H and O–H groups in total. The maximum Gasteiger partial charge on any atom is 0.266 e. The molecule has 1 aromatic heterocycles. The van der Waals surface area contributed by atoms with E-state index >= 15 is 0 Å². The minimum absolute atomic E-state index is 0.171. The summed E-state index contributed by atoms with van der Waals surface area (Å²) < 4.78 is 6.66. The third-order valence-corrected chi connectivity index (χ3v) is 3.00. The molecule has 2 rings (SSSR count). The van der Waals surface area contributed by atoms with Crippen molar-refractivity contribution in [2.24, 2.45) is 12.8 Å². The molecule has 0 saturated heterocycles. The van der Waals surface area contributed by atoms with Gasteiger partial charge in [-0.2, -0.15) is 5.10 Å². The van der Waals surface area contributed by atoms with Gasteiger partial charge in [-0.1, -0.05) is 11.6 Å². The van der Waals surface area contributed by atoms with E-state index in [-0.39, 0.29) is 12.1 Å². The molecule has 1 heterocycles. The van der Waals surface area contributed by atoms with E-state index < -0.39 is 0 Å². The van der Waals surface area contributed by atoms with Crippen LogP contribution < -0.4 is 16.0 Å². The normalized spacial score (nSPS) is 10.5. The second-order valence-corrected chi connectivity index (χ2v) is 4.39. The maximum atomic E-state index is 11.6. The van der Waals surface area contributed by atoms with Gasteiger partial charge in [-0.3, -0.25) is 4.79 Å². The Labute approximate surface area is 111 Å². The highest BCUT2D eigenvalue weighted by Gasteiger charge is 2.13. The van der Waals surface area contributed by atoms with E-state index in [9.17, 15) is 4.79 Å². The second kappa shape index (κ2) is 5.24. The fraction of sp³-hybridized carbons (Fsp3) is 0.286. The van der Waals surface area contributed by atoms with Crippen molar-refractivity contribution in [3.8, 4) is 17.0 Å². The van der Waals surface area contributed by atoms with E-state index in [0.29, 0.717) is 17.0 Å². The third-order valence-electron chi connectivity index (χ3n) is 3.00. The van der Waals surface area contributed by atoms with Gasteiger partial charge in [-0.05, 0) is 24.6 Å². The highest BCUT2D eigenvalue weighted by Crippen LogP contribution is 2.30. The molecule has 0 radical (unpaired) electrons. The molecule has 1 aromatic carbocycles. The molecule has 0 saturated carbocycles. The average Bonchev–Trinajstić information content (AvgIpc) is 2.41. The van der Waals surface area contributed by atoms with Crippen LogP contribution >= 0.6 is 0 Å². The molecule has 0 atom stereocenters. The first-order valence-electron chi connectivity index (χ1n) is 5.99. The molecule has 0 aliphatic rings. The summed E-state index contributed by atoms with van der Waals surface area (Å²) in [7, 11) is 3.23.